The van der Waals surface area contributed by atoms with Gasteiger partial charge < -0.3 is 9.63 Å². The number of phenolic OH excluding ortho intramolecular Hbond substituents is 1. The Balaban J connectivity index is 2.64. The third-order valence-corrected chi connectivity index (χ3v) is 2.26. The van der Waals surface area contributed by atoms with Crippen molar-refractivity contribution in [1.82, 2.24) is 5.16 Å². The number of rotatable bonds is 1. The van der Waals surface area contributed by atoms with Gasteiger partial charge in [0.2, 0.25) is 0 Å². The zero-order valence-electron chi connectivity index (χ0n) is 8.41. The van der Waals surface area contributed by atoms with E-state index in [0.29, 0.717) is 22.6 Å². The van der Waals surface area contributed by atoms with E-state index in [1.54, 1.807) is 13.8 Å². The first-order chi connectivity index (χ1) is 7.09. The number of aryl methyl sites for hydroxylation is 2. The number of nitrogens with zero attached hydrogens (tertiary/aromatic N) is 1. The number of hydrogen-bond donors (Lipinski definition) is 1. The van der Waals surface area contributed by atoms with E-state index in [9.17, 15) is 9.50 Å². The van der Waals surface area contributed by atoms with Crippen LogP contribution in [-0.4, -0.2) is 10.3 Å². The minimum Gasteiger partial charge on any atom is -0.507 e. The third kappa shape index (κ3) is 1.58. The molecule has 1 aromatic carbocycles. The van der Waals surface area contributed by atoms with Crippen LogP contribution in [0, 0.1) is 19.7 Å². The fraction of sp³-hybridized carbons (Fsp3) is 0.182. The maximum absolute atomic E-state index is 12.8. The van der Waals surface area contributed by atoms with E-state index in [2.05, 4.69) is 5.16 Å². The van der Waals surface area contributed by atoms with Crippen molar-refractivity contribution in [3.8, 4) is 16.9 Å². The highest BCUT2D eigenvalue weighted by Crippen LogP contribution is 2.33. The number of hydrogen-bond acceptors (Lipinski definition) is 3. The van der Waals surface area contributed by atoms with E-state index in [1.807, 2.05) is 0 Å². The molecule has 0 saturated carbocycles. The summed E-state index contributed by atoms with van der Waals surface area (Å²) in [4.78, 5) is 0. The van der Waals surface area contributed by atoms with Gasteiger partial charge in [0, 0.05) is 11.6 Å². The molecule has 2 aromatic rings. The molecule has 1 aromatic heterocycles. The molecule has 4 heteroatoms. The Kier molecular flexibility index (Phi) is 2.19. The van der Waals surface area contributed by atoms with E-state index < -0.39 is 5.82 Å². The Labute approximate surface area is 86.1 Å². The summed E-state index contributed by atoms with van der Waals surface area (Å²) >= 11 is 0. The maximum atomic E-state index is 12.8. The molecule has 1 N–H and O–H groups in total. The molecule has 0 amide bonds. The van der Waals surface area contributed by atoms with Gasteiger partial charge in [0.25, 0.3) is 0 Å². The van der Waals surface area contributed by atoms with Crippen molar-refractivity contribution in [2.75, 3.05) is 0 Å². The van der Waals surface area contributed by atoms with E-state index in [4.69, 9.17) is 4.52 Å². The SMILES string of the molecule is Cc1noc(C)c1-c1ccc(F)cc1O. The molecule has 0 radical (unpaired) electrons. The second-order valence-corrected chi connectivity index (χ2v) is 3.36. The topological polar surface area (TPSA) is 46.3 Å². The lowest BCUT2D eigenvalue weighted by atomic mass is 10.0. The maximum Gasteiger partial charge on any atom is 0.141 e. The largest absolute Gasteiger partial charge is 0.507 e. The summed E-state index contributed by atoms with van der Waals surface area (Å²) < 4.78 is 17.8. The average molecular weight is 207 g/mol. The van der Waals surface area contributed by atoms with Gasteiger partial charge in [0.05, 0.1) is 11.3 Å². The van der Waals surface area contributed by atoms with E-state index in [0.717, 1.165) is 6.07 Å². The first kappa shape index (κ1) is 9.71. The average Bonchev–Trinajstić information content (AvgIpc) is 2.48. The molecule has 2 rings (SSSR count). The monoisotopic (exact) mass is 207 g/mol. The van der Waals surface area contributed by atoms with Crippen molar-refractivity contribution in [3.05, 3.63) is 35.5 Å². The predicted molar refractivity (Wildman–Crippen MR) is 53.0 cm³/mol. The quantitative estimate of drug-likeness (QED) is 0.782. The molecule has 0 bridgehead atoms. The van der Waals surface area contributed by atoms with Gasteiger partial charge in [0.15, 0.2) is 0 Å². The second kappa shape index (κ2) is 3.38. The van der Waals surface area contributed by atoms with Crippen LogP contribution in [0.4, 0.5) is 4.39 Å². The Bertz CT molecular complexity index is 486. The van der Waals surface area contributed by atoms with Crippen molar-refractivity contribution in [1.29, 1.82) is 0 Å². The normalized spacial score (nSPS) is 10.6. The summed E-state index contributed by atoms with van der Waals surface area (Å²) in [6.07, 6.45) is 0. The van der Waals surface area contributed by atoms with Crippen LogP contribution in [-0.2, 0) is 0 Å². The molecule has 0 aliphatic carbocycles. The van der Waals surface area contributed by atoms with Crippen molar-refractivity contribution < 1.29 is 14.0 Å². The molecule has 0 saturated heterocycles. The Morgan fingerprint density at radius 2 is 2.07 bits per heavy atom. The van der Waals surface area contributed by atoms with Gasteiger partial charge in [-0.25, -0.2) is 4.39 Å². The highest BCUT2D eigenvalue weighted by Gasteiger charge is 2.14. The molecule has 0 spiro atoms. The lowest BCUT2D eigenvalue weighted by molar-refractivity contribution is 0.393. The predicted octanol–water partition coefficient (Wildman–Crippen LogP) is 2.80. The van der Waals surface area contributed by atoms with Gasteiger partial charge in [-0.15, -0.1) is 0 Å². The van der Waals surface area contributed by atoms with E-state index >= 15 is 0 Å². The molecule has 0 atom stereocenters. The lowest BCUT2D eigenvalue weighted by Gasteiger charge is -2.03. The summed E-state index contributed by atoms with van der Waals surface area (Å²) in [6, 6.07) is 3.87. The van der Waals surface area contributed by atoms with Crippen LogP contribution in [0.1, 0.15) is 11.5 Å². The molecule has 0 aliphatic heterocycles. The van der Waals surface area contributed by atoms with Gasteiger partial charge in [-0.1, -0.05) is 5.16 Å². The smallest absolute Gasteiger partial charge is 0.141 e. The molecule has 78 valence electrons. The Hall–Kier alpha value is -1.84. The summed E-state index contributed by atoms with van der Waals surface area (Å²) in [5.74, 6) is 0.0295. The summed E-state index contributed by atoms with van der Waals surface area (Å²) in [5.41, 5.74) is 1.93. The number of aromatic hydroxyl groups is 1. The summed E-state index contributed by atoms with van der Waals surface area (Å²) in [6.45, 7) is 3.52. The summed E-state index contributed by atoms with van der Waals surface area (Å²) in [7, 11) is 0. The number of halogens is 1. The summed E-state index contributed by atoms with van der Waals surface area (Å²) in [5, 5.41) is 13.4. The fourth-order valence-corrected chi connectivity index (χ4v) is 1.58. The van der Waals surface area contributed by atoms with Crippen molar-refractivity contribution >= 4 is 0 Å². The Morgan fingerprint density at radius 1 is 1.33 bits per heavy atom. The molecule has 3 nitrogen and oxygen atoms in total. The van der Waals surface area contributed by atoms with Crippen LogP contribution in [0.2, 0.25) is 0 Å². The van der Waals surface area contributed by atoms with Crippen LogP contribution in [0.25, 0.3) is 11.1 Å². The molecule has 0 fully saturated rings. The van der Waals surface area contributed by atoms with Gasteiger partial charge in [-0.05, 0) is 26.0 Å². The van der Waals surface area contributed by atoms with Gasteiger partial charge in [-0.2, -0.15) is 0 Å². The highest BCUT2D eigenvalue weighted by atomic mass is 19.1. The number of aromatic nitrogens is 1. The van der Waals surface area contributed by atoms with Gasteiger partial charge in [-0.3, -0.25) is 0 Å². The minimum absolute atomic E-state index is 0.107. The minimum atomic E-state index is -0.469. The third-order valence-electron chi connectivity index (χ3n) is 2.26. The first-order valence-electron chi connectivity index (χ1n) is 4.51. The molecule has 15 heavy (non-hydrogen) atoms. The van der Waals surface area contributed by atoms with Crippen LogP contribution < -0.4 is 0 Å². The number of benzene rings is 1. The van der Waals surface area contributed by atoms with Crippen LogP contribution in [0.5, 0.6) is 5.75 Å². The van der Waals surface area contributed by atoms with Crippen molar-refractivity contribution in [2.45, 2.75) is 13.8 Å². The molecular weight excluding hydrogens is 197 g/mol. The first-order valence-corrected chi connectivity index (χ1v) is 4.51. The van der Waals surface area contributed by atoms with Crippen LogP contribution >= 0.6 is 0 Å². The zero-order chi connectivity index (χ0) is 11.0. The molecular formula is C11H10FNO2. The van der Waals surface area contributed by atoms with Gasteiger partial charge in [0.1, 0.15) is 17.3 Å². The molecule has 0 aliphatic rings. The van der Waals surface area contributed by atoms with E-state index in [-0.39, 0.29) is 5.75 Å². The molecule has 0 unspecified atom stereocenters. The van der Waals surface area contributed by atoms with Crippen molar-refractivity contribution in [3.63, 3.8) is 0 Å². The second-order valence-electron chi connectivity index (χ2n) is 3.36. The van der Waals surface area contributed by atoms with E-state index in [1.165, 1.54) is 12.1 Å². The van der Waals surface area contributed by atoms with Crippen LogP contribution in [0.3, 0.4) is 0 Å². The highest BCUT2D eigenvalue weighted by molar-refractivity contribution is 5.73. The zero-order valence-corrected chi connectivity index (χ0v) is 8.41. The standard InChI is InChI=1S/C11H10FNO2/c1-6-11(7(2)15-13-6)9-4-3-8(12)5-10(9)14/h3-5,14H,1-2H3. The molecule has 1 heterocycles. The van der Waals surface area contributed by atoms with Gasteiger partial charge >= 0.3 is 0 Å². The lowest BCUT2D eigenvalue weighted by Crippen LogP contribution is -1.84. The van der Waals surface area contributed by atoms with Crippen molar-refractivity contribution in [2.24, 2.45) is 0 Å². The fourth-order valence-electron chi connectivity index (χ4n) is 1.58. The Morgan fingerprint density at radius 3 is 2.60 bits per heavy atom. The van der Waals surface area contributed by atoms with Crippen LogP contribution in [0.15, 0.2) is 22.7 Å². The number of phenols is 1.